The highest BCUT2D eigenvalue weighted by Gasteiger charge is 2.29. The third-order valence-corrected chi connectivity index (χ3v) is 4.03. The summed E-state index contributed by atoms with van der Waals surface area (Å²) in [6.45, 7) is 5.13. The first-order valence-electron chi connectivity index (χ1n) is 5.99. The molecule has 0 aromatic carbocycles. The van der Waals surface area contributed by atoms with Gasteiger partial charge in [-0.25, -0.2) is 0 Å². The van der Waals surface area contributed by atoms with Crippen LogP contribution in [-0.2, 0) is 4.79 Å². The molecule has 1 saturated heterocycles. The van der Waals surface area contributed by atoms with Crippen LogP contribution in [0.15, 0.2) is 24.5 Å². The van der Waals surface area contributed by atoms with Gasteiger partial charge in [0, 0.05) is 31.1 Å². The third-order valence-electron chi connectivity index (χ3n) is 2.75. The van der Waals surface area contributed by atoms with Gasteiger partial charge in [0.1, 0.15) is 5.37 Å². The number of aromatic nitrogens is 1. The zero-order chi connectivity index (χ0) is 12.3. The normalized spacial score (nSPS) is 21.0. The number of amides is 1. The van der Waals surface area contributed by atoms with E-state index >= 15 is 0 Å². The maximum absolute atomic E-state index is 12.0. The van der Waals surface area contributed by atoms with Crippen LogP contribution in [0.5, 0.6) is 0 Å². The molecule has 0 aliphatic carbocycles. The highest BCUT2D eigenvalue weighted by Crippen LogP contribution is 2.37. The highest BCUT2D eigenvalue weighted by molar-refractivity contribution is 7.99. The van der Waals surface area contributed by atoms with Gasteiger partial charge in [-0.1, -0.05) is 13.8 Å². The van der Waals surface area contributed by atoms with E-state index in [0.29, 0.717) is 12.3 Å². The number of nitrogens with zero attached hydrogens (tertiary/aromatic N) is 2. The molecule has 1 fully saturated rings. The molecular weight excluding hydrogens is 232 g/mol. The van der Waals surface area contributed by atoms with Crippen molar-refractivity contribution >= 4 is 17.7 Å². The minimum absolute atomic E-state index is 0.168. The molecule has 1 atom stereocenters. The maximum atomic E-state index is 12.0. The zero-order valence-corrected chi connectivity index (χ0v) is 11.1. The van der Waals surface area contributed by atoms with Crippen molar-refractivity contribution in [2.45, 2.75) is 25.6 Å². The van der Waals surface area contributed by atoms with Crippen molar-refractivity contribution < 1.29 is 4.79 Å². The van der Waals surface area contributed by atoms with Gasteiger partial charge in [0.25, 0.3) is 0 Å². The van der Waals surface area contributed by atoms with Crippen LogP contribution in [0, 0.1) is 5.92 Å². The van der Waals surface area contributed by atoms with Gasteiger partial charge in [-0.05, 0) is 23.6 Å². The van der Waals surface area contributed by atoms with Gasteiger partial charge >= 0.3 is 0 Å². The van der Waals surface area contributed by atoms with Crippen LogP contribution in [-0.4, -0.2) is 28.1 Å². The second-order valence-corrected chi connectivity index (χ2v) is 5.88. The molecule has 0 N–H and O–H groups in total. The number of pyridine rings is 1. The summed E-state index contributed by atoms with van der Waals surface area (Å²) in [4.78, 5) is 18.1. The average Bonchev–Trinajstić information content (AvgIpc) is 2.32. The van der Waals surface area contributed by atoms with Gasteiger partial charge in [0.2, 0.25) is 5.91 Å². The number of carbonyl (C=O) groups excluding carboxylic acids is 1. The van der Waals surface area contributed by atoms with E-state index in [4.69, 9.17) is 0 Å². The molecule has 0 radical (unpaired) electrons. The Morgan fingerprint density at radius 3 is 2.82 bits per heavy atom. The first-order chi connectivity index (χ1) is 8.18. The summed E-state index contributed by atoms with van der Waals surface area (Å²) in [5.74, 6) is 1.70. The highest BCUT2D eigenvalue weighted by atomic mass is 32.2. The molecule has 92 valence electrons. The molecule has 2 rings (SSSR count). The standard InChI is InChI=1S/C13H18N2OS/c1-10(2)9-15-12(16)5-8-17-13(15)11-3-6-14-7-4-11/h3-4,6-7,10,13H,5,8-9H2,1-2H3. The molecule has 1 amide bonds. The van der Waals surface area contributed by atoms with E-state index in [0.717, 1.165) is 12.3 Å². The Hall–Kier alpha value is -1.03. The van der Waals surface area contributed by atoms with Crippen LogP contribution in [0.4, 0.5) is 0 Å². The molecular formula is C13H18N2OS. The summed E-state index contributed by atoms with van der Waals surface area (Å²) in [6.07, 6.45) is 4.25. The summed E-state index contributed by atoms with van der Waals surface area (Å²) in [6, 6.07) is 4.01. The summed E-state index contributed by atoms with van der Waals surface area (Å²) >= 11 is 1.85. The van der Waals surface area contributed by atoms with Crippen molar-refractivity contribution in [2.24, 2.45) is 5.92 Å². The zero-order valence-electron chi connectivity index (χ0n) is 10.3. The minimum atomic E-state index is 0.168. The van der Waals surface area contributed by atoms with E-state index < -0.39 is 0 Å². The second-order valence-electron chi connectivity index (χ2n) is 4.69. The Morgan fingerprint density at radius 1 is 1.47 bits per heavy atom. The van der Waals surface area contributed by atoms with Gasteiger partial charge in [0.15, 0.2) is 0 Å². The molecule has 17 heavy (non-hydrogen) atoms. The maximum Gasteiger partial charge on any atom is 0.224 e. The number of rotatable bonds is 3. The largest absolute Gasteiger partial charge is 0.326 e. The molecule has 1 aliphatic heterocycles. The Kier molecular flexibility index (Phi) is 4.05. The van der Waals surface area contributed by atoms with Gasteiger partial charge in [-0.2, -0.15) is 0 Å². The molecule has 0 bridgehead atoms. The summed E-state index contributed by atoms with van der Waals surface area (Å²) in [5, 5.41) is 0.168. The second kappa shape index (κ2) is 5.54. The van der Waals surface area contributed by atoms with Gasteiger partial charge in [0.05, 0.1) is 0 Å². The quantitative estimate of drug-likeness (QED) is 0.827. The van der Waals surface area contributed by atoms with Crippen molar-refractivity contribution in [3.63, 3.8) is 0 Å². The molecule has 1 aromatic heterocycles. The van der Waals surface area contributed by atoms with Gasteiger partial charge < -0.3 is 4.90 Å². The van der Waals surface area contributed by atoms with E-state index in [1.165, 1.54) is 5.56 Å². The fourth-order valence-electron chi connectivity index (χ4n) is 2.02. The average molecular weight is 250 g/mol. The molecule has 2 heterocycles. The smallest absolute Gasteiger partial charge is 0.224 e. The van der Waals surface area contributed by atoms with Gasteiger partial charge in [-0.15, -0.1) is 11.8 Å². The van der Waals surface area contributed by atoms with Crippen molar-refractivity contribution in [1.82, 2.24) is 9.88 Å². The Bertz CT molecular complexity index is 380. The lowest BCUT2D eigenvalue weighted by atomic mass is 10.1. The van der Waals surface area contributed by atoms with E-state index in [9.17, 15) is 4.79 Å². The lowest BCUT2D eigenvalue weighted by molar-refractivity contribution is -0.132. The van der Waals surface area contributed by atoms with Crippen LogP contribution < -0.4 is 0 Å². The fourth-order valence-corrected chi connectivity index (χ4v) is 3.27. The van der Waals surface area contributed by atoms with E-state index in [1.54, 1.807) is 12.4 Å². The molecule has 1 aromatic rings. The fraction of sp³-hybridized carbons (Fsp3) is 0.538. The monoisotopic (exact) mass is 250 g/mol. The summed E-state index contributed by atoms with van der Waals surface area (Å²) in [5.41, 5.74) is 1.18. The summed E-state index contributed by atoms with van der Waals surface area (Å²) < 4.78 is 0. The van der Waals surface area contributed by atoms with Crippen LogP contribution in [0.3, 0.4) is 0 Å². The van der Waals surface area contributed by atoms with Crippen molar-refractivity contribution in [3.8, 4) is 0 Å². The first kappa shape index (κ1) is 12.4. The number of carbonyl (C=O) groups is 1. The molecule has 3 nitrogen and oxygen atoms in total. The van der Waals surface area contributed by atoms with Crippen LogP contribution in [0.25, 0.3) is 0 Å². The lowest BCUT2D eigenvalue weighted by Crippen LogP contribution is -2.39. The molecule has 0 saturated carbocycles. The third kappa shape index (κ3) is 3.00. The Balaban J connectivity index is 2.20. The molecule has 4 heteroatoms. The summed E-state index contributed by atoms with van der Waals surface area (Å²) in [7, 11) is 0. The number of hydrogen-bond acceptors (Lipinski definition) is 3. The van der Waals surface area contributed by atoms with E-state index in [2.05, 4.69) is 18.8 Å². The number of thioether (sulfide) groups is 1. The lowest BCUT2D eigenvalue weighted by Gasteiger charge is -2.36. The van der Waals surface area contributed by atoms with Crippen molar-refractivity contribution in [3.05, 3.63) is 30.1 Å². The van der Waals surface area contributed by atoms with Crippen molar-refractivity contribution in [1.29, 1.82) is 0 Å². The van der Waals surface area contributed by atoms with Gasteiger partial charge in [-0.3, -0.25) is 9.78 Å². The molecule has 1 aliphatic rings. The van der Waals surface area contributed by atoms with Crippen molar-refractivity contribution in [2.75, 3.05) is 12.3 Å². The molecule has 1 unspecified atom stereocenters. The molecule has 0 spiro atoms. The van der Waals surface area contributed by atoms with Crippen LogP contribution in [0.2, 0.25) is 0 Å². The van der Waals surface area contributed by atoms with Crippen LogP contribution in [0.1, 0.15) is 31.2 Å². The minimum Gasteiger partial charge on any atom is -0.326 e. The predicted molar refractivity (Wildman–Crippen MR) is 70.6 cm³/mol. The Morgan fingerprint density at radius 2 is 2.18 bits per heavy atom. The van der Waals surface area contributed by atoms with E-state index in [1.807, 2.05) is 28.8 Å². The van der Waals surface area contributed by atoms with Crippen LogP contribution >= 0.6 is 11.8 Å². The number of hydrogen-bond donors (Lipinski definition) is 0. The Labute approximate surface area is 107 Å². The first-order valence-corrected chi connectivity index (χ1v) is 7.04. The predicted octanol–water partition coefficient (Wildman–Crippen LogP) is 2.70. The topological polar surface area (TPSA) is 33.2 Å². The SMILES string of the molecule is CC(C)CN1C(=O)CCSC1c1ccncc1. The van der Waals surface area contributed by atoms with E-state index in [-0.39, 0.29) is 11.3 Å².